The van der Waals surface area contributed by atoms with Crippen LogP contribution in [0.2, 0.25) is 0 Å². The van der Waals surface area contributed by atoms with E-state index >= 15 is 0 Å². The molecule has 2 aromatic rings. The van der Waals surface area contributed by atoms with Gasteiger partial charge in [-0.25, -0.2) is 4.79 Å². The van der Waals surface area contributed by atoms with Crippen molar-refractivity contribution in [1.82, 2.24) is 5.32 Å². The van der Waals surface area contributed by atoms with Crippen LogP contribution >= 0.6 is 0 Å². The van der Waals surface area contributed by atoms with Gasteiger partial charge in [-0.05, 0) is 38.3 Å². The minimum Gasteiger partial charge on any atom is -0.481 e. The van der Waals surface area contributed by atoms with E-state index in [1.54, 1.807) is 45.0 Å². The maximum atomic E-state index is 12.7. The highest BCUT2D eigenvalue weighted by atomic mass is 16.6. The smallest absolute Gasteiger partial charge is 0.408 e. The van der Waals surface area contributed by atoms with Crippen molar-refractivity contribution in [1.29, 1.82) is 0 Å². The van der Waals surface area contributed by atoms with Gasteiger partial charge in [0, 0.05) is 0 Å². The van der Waals surface area contributed by atoms with E-state index < -0.39 is 42.0 Å². The second-order valence-electron chi connectivity index (χ2n) is 8.23. The second kappa shape index (κ2) is 11.2. The predicted octanol–water partition coefficient (Wildman–Crippen LogP) is 4.48. The number of nitrogens with one attached hydrogen (secondary N) is 1. The van der Waals surface area contributed by atoms with E-state index in [2.05, 4.69) is 5.32 Å². The summed E-state index contributed by atoms with van der Waals surface area (Å²) in [5.74, 6) is -2.69. The molecule has 0 aromatic heterocycles. The minimum atomic E-state index is -1.12. The Kier molecular flexibility index (Phi) is 8.61. The van der Waals surface area contributed by atoms with Crippen molar-refractivity contribution in [2.75, 3.05) is 0 Å². The number of carboxylic acid groups (broad SMARTS) is 1. The van der Waals surface area contributed by atoms with E-state index in [0.717, 1.165) is 11.1 Å². The van der Waals surface area contributed by atoms with Crippen molar-refractivity contribution < 1.29 is 29.0 Å². The zero-order valence-electron chi connectivity index (χ0n) is 18.0. The number of carboxylic acids is 1. The first kappa shape index (κ1) is 23.9. The molecule has 0 saturated heterocycles. The molecule has 0 bridgehead atoms. The summed E-state index contributed by atoms with van der Waals surface area (Å²) in [7, 11) is 0. The normalized spacial score (nSPS) is 13.0. The fourth-order valence-corrected chi connectivity index (χ4v) is 3.02. The zero-order valence-corrected chi connectivity index (χ0v) is 18.0. The first-order valence-electron chi connectivity index (χ1n) is 10.1. The largest absolute Gasteiger partial charge is 0.481 e. The molecule has 2 N–H and O–H groups in total. The van der Waals surface area contributed by atoms with E-state index in [1.807, 2.05) is 36.4 Å². The fourth-order valence-electron chi connectivity index (χ4n) is 3.02. The van der Waals surface area contributed by atoms with E-state index in [1.165, 1.54) is 0 Å². The average molecular weight is 427 g/mol. The van der Waals surface area contributed by atoms with Crippen LogP contribution < -0.4 is 5.32 Å². The van der Waals surface area contributed by atoms with Gasteiger partial charge >= 0.3 is 18.0 Å². The van der Waals surface area contributed by atoms with Gasteiger partial charge in [0.15, 0.2) is 0 Å². The van der Waals surface area contributed by atoms with Gasteiger partial charge in [-0.2, -0.15) is 0 Å². The average Bonchev–Trinajstić information content (AvgIpc) is 2.70. The highest BCUT2D eigenvalue weighted by molar-refractivity contribution is 5.79. The van der Waals surface area contributed by atoms with Crippen LogP contribution in [0.3, 0.4) is 0 Å². The Labute approximate surface area is 182 Å². The first-order chi connectivity index (χ1) is 14.6. The van der Waals surface area contributed by atoms with Crippen molar-refractivity contribution in [2.24, 2.45) is 5.92 Å². The predicted molar refractivity (Wildman–Crippen MR) is 115 cm³/mol. The molecule has 0 radical (unpaired) electrons. The van der Waals surface area contributed by atoms with Gasteiger partial charge in [-0.1, -0.05) is 60.7 Å². The van der Waals surface area contributed by atoms with Crippen LogP contribution in [0.5, 0.6) is 0 Å². The van der Waals surface area contributed by atoms with Gasteiger partial charge in [-0.15, -0.1) is 0 Å². The maximum Gasteiger partial charge on any atom is 0.408 e. The van der Waals surface area contributed by atoms with Crippen LogP contribution in [-0.4, -0.2) is 28.7 Å². The lowest BCUT2D eigenvalue weighted by Gasteiger charge is -2.26. The fraction of sp³-hybridized carbons (Fsp3) is 0.375. The van der Waals surface area contributed by atoms with Crippen LogP contribution in [0, 0.1) is 5.92 Å². The quantitative estimate of drug-likeness (QED) is 0.572. The van der Waals surface area contributed by atoms with Crippen LogP contribution in [0.4, 0.5) is 4.79 Å². The summed E-state index contributed by atoms with van der Waals surface area (Å²) < 4.78 is 10.7. The summed E-state index contributed by atoms with van der Waals surface area (Å²) in [4.78, 5) is 36.5. The molecular weight excluding hydrogens is 398 g/mol. The van der Waals surface area contributed by atoms with Gasteiger partial charge in [0.1, 0.15) is 12.2 Å². The van der Waals surface area contributed by atoms with Crippen molar-refractivity contribution in [3.63, 3.8) is 0 Å². The lowest BCUT2D eigenvalue weighted by Crippen LogP contribution is -2.36. The highest BCUT2D eigenvalue weighted by Crippen LogP contribution is 2.25. The summed E-state index contributed by atoms with van der Waals surface area (Å²) in [6.07, 6.45) is -0.996. The third-order valence-corrected chi connectivity index (χ3v) is 4.39. The van der Waals surface area contributed by atoms with Crippen LogP contribution in [0.15, 0.2) is 60.7 Å². The third kappa shape index (κ3) is 8.90. The molecule has 0 heterocycles. The topological polar surface area (TPSA) is 102 Å². The van der Waals surface area contributed by atoms with Gasteiger partial charge in [0.2, 0.25) is 0 Å². The lowest BCUT2D eigenvalue weighted by atomic mass is 9.92. The second-order valence-corrected chi connectivity index (χ2v) is 8.23. The summed E-state index contributed by atoms with van der Waals surface area (Å²) in [5, 5.41) is 12.1. The Morgan fingerprint density at radius 1 is 0.968 bits per heavy atom. The minimum absolute atomic E-state index is 0.0469. The van der Waals surface area contributed by atoms with E-state index in [-0.39, 0.29) is 13.0 Å². The van der Waals surface area contributed by atoms with Crippen molar-refractivity contribution >= 4 is 18.0 Å². The van der Waals surface area contributed by atoms with Crippen LogP contribution in [-0.2, 0) is 25.7 Å². The Balaban J connectivity index is 2.16. The highest BCUT2D eigenvalue weighted by Gasteiger charge is 2.29. The van der Waals surface area contributed by atoms with Gasteiger partial charge in [-0.3, -0.25) is 9.59 Å². The van der Waals surface area contributed by atoms with Crippen molar-refractivity contribution in [3.05, 3.63) is 71.8 Å². The maximum absolute atomic E-state index is 12.7. The molecule has 0 aliphatic rings. The molecule has 2 unspecified atom stereocenters. The van der Waals surface area contributed by atoms with Crippen molar-refractivity contribution in [3.8, 4) is 0 Å². The molecule has 1 amide bonds. The zero-order chi connectivity index (χ0) is 22.9. The number of aliphatic carboxylic acids is 1. The van der Waals surface area contributed by atoms with Gasteiger partial charge < -0.3 is 19.9 Å². The molecule has 2 atom stereocenters. The first-order valence-corrected chi connectivity index (χ1v) is 10.1. The van der Waals surface area contributed by atoms with Crippen LogP contribution in [0.25, 0.3) is 0 Å². The Morgan fingerprint density at radius 3 is 2.10 bits per heavy atom. The Bertz CT molecular complexity index is 861. The molecular formula is C24H29NO6. The molecule has 0 fully saturated rings. The number of alkyl carbamates (subject to hydrolysis) is 1. The van der Waals surface area contributed by atoms with E-state index in [0.29, 0.717) is 0 Å². The number of hydrogen-bond donors (Lipinski definition) is 2. The van der Waals surface area contributed by atoms with Gasteiger partial charge in [0.25, 0.3) is 0 Å². The molecule has 7 heteroatoms. The number of amides is 1. The number of carbonyl (C=O) groups excluding carboxylic acids is 2. The molecule has 0 spiro atoms. The molecule has 2 aromatic carbocycles. The van der Waals surface area contributed by atoms with E-state index in [4.69, 9.17) is 9.47 Å². The standard InChI is InChI=1S/C24H29NO6/c1-24(2,3)31-23(29)25-20(18-12-8-5-9-13-18)14-19(15-21(26)27)22(28)30-16-17-10-6-4-7-11-17/h4-13,19-20H,14-16H2,1-3H3,(H,25,29)(H,26,27). The Hall–Kier alpha value is -3.35. The summed E-state index contributed by atoms with van der Waals surface area (Å²) in [6.45, 7) is 5.29. The summed E-state index contributed by atoms with van der Waals surface area (Å²) in [5.41, 5.74) is 0.844. The monoisotopic (exact) mass is 427 g/mol. The lowest BCUT2D eigenvalue weighted by molar-refractivity contribution is -0.154. The third-order valence-electron chi connectivity index (χ3n) is 4.39. The van der Waals surface area contributed by atoms with Crippen molar-refractivity contribution in [2.45, 2.75) is 51.9 Å². The van der Waals surface area contributed by atoms with E-state index in [9.17, 15) is 19.5 Å². The van der Waals surface area contributed by atoms with Crippen LogP contribution in [0.1, 0.15) is 50.8 Å². The molecule has 166 valence electrons. The molecule has 31 heavy (non-hydrogen) atoms. The number of ether oxygens (including phenoxy) is 2. The van der Waals surface area contributed by atoms with Gasteiger partial charge in [0.05, 0.1) is 18.4 Å². The molecule has 7 nitrogen and oxygen atoms in total. The summed E-state index contributed by atoms with van der Waals surface area (Å²) in [6, 6.07) is 17.6. The molecule has 0 saturated carbocycles. The number of carbonyl (C=O) groups is 3. The number of hydrogen-bond acceptors (Lipinski definition) is 5. The number of esters is 1. The summed E-state index contributed by atoms with van der Waals surface area (Å²) >= 11 is 0. The number of rotatable bonds is 9. The molecule has 2 rings (SSSR count). The molecule has 0 aliphatic carbocycles. The molecule has 0 aliphatic heterocycles. The SMILES string of the molecule is CC(C)(C)OC(=O)NC(CC(CC(=O)O)C(=O)OCc1ccccc1)c1ccccc1. The number of benzene rings is 2. The Morgan fingerprint density at radius 2 is 1.55 bits per heavy atom.